The van der Waals surface area contributed by atoms with Gasteiger partial charge in [-0.2, -0.15) is 0 Å². The number of carbonyl (C=O) groups excluding carboxylic acids is 2. The van der Waals surface area contributed by atoms with Crippen LogP contribution in [0.1, 0.15) is 80.7 Å². The van der Waals surface area contributed by atoms with Crippen LogP contribution in [0, 0.1) is 6.92 Å². The Kier molecular flexibility index (Phi) is 5.28. The fourth-order valence-corrected chi connectivity index (χ4v) is 4.37. The van der Waals surface area contributed by atoms with Gasteiger partial charge >= 0.3 is 0 Å². The minimum Gasteiger partial charge on any atom is -0.354 e. The monoisotopic (exact) mass is 394 g/mol. The van der Waals surface area contributed by atoms with E-state index in [2.05, 4.69) is 22.1 Å². The molecule has 4 rings (SSSR count). The van der Waals surface area contributed by atoms with Gasteiger partial charge in [0.2, 0.25) is 0 Å². The molecule has 154 valence electrons. The quantitative estimate of drug-likeness (QED) is 0.826. The number of amides is 1. The summed E-state index contributed by atoms with van der Waals surface area (Å²) in [6.07, 6.45) is 6.92. The number of ketones is 1. The van der Waals surface area contributed by atoms with Gasteiger partial charge in [0.1, 0.15) is 17.3 Å². The van der Waals surface area contributed by atoms with E-state index in [1.807, 2.05) is 26.8 Å². The first-order valence-corrected chi connectivity index (χ1v) is 10.7. The molecule has 0 spiro atoms. The Morgan fingerprint density at radius 3 is 2.59 bits per heavy atom. The first-order valence-electron chi connectivity index (χ1n) is 10.7. The van der Waals surface area contributed by atoms with Crippen molar-refractivity contribution in [3.63, 3.8) is 0 Å². The van der Waals surface area contributed by atoms with Crippen LogP contribution in [0.15, 0.2) is 22.8 Å². The second kappa shape index (κ2) is 7.73. The third kappa shape index (κ3) is 3.98. The van der Waals surface area contributed by atoms with Gasteiger partial charge in [0.05, 0.1) is 0 Å². The van der Waals surface area contributed by atoms with E-state index in [9.17, 15) is 9.59 Å². The molecule has 0 unspecified atom stereocenters. The predicted molar refractivity (Wildman–Crippen MR) is 113 cm³/mol. The Hall–Kier alpha value is -2.50. The first kappa shape index (κ1) is 19.8. The van der Waals surface area contributed by atoms with Crippen molar-refractivity contribution in [2.75, 3.05) is 18.0 Å². The molecule has 6 heteroatoms. The third-order valence-electron chi connectivity index (χ3n) is 6.26. The number of hydrogen-bond acceptors (Lipinski definition) is 5. The highest BCUT2D eigenvalue weighted by atomic mass is 16.2. The molecule has 29 heavy (non-hydrogen) atoms. The van der Waals surface area contributed by atoms with Gasteiger partial charge in [0.15, 0.2) is 5.78 Å². The zero-order valence-corrected chi connectivity index (χ0v) is 17.8. The van der Waals surface area contributed by atoms with Crippen LogP contribution in [0.4, 0.5) is 5.82 Å². The summed E-state index contributed by atoms with van der Waals surface area (Å²) in [6.45, 7) is 9.25. The molecule has 0 radical (unpaired) electrons. The SMILES string of the molecule is CC1=CC(C)=C(CNC(=O)c2nc(C3CC3)nc(N3CCC[C@@H]3C)c2C)C(=O)C1. The molecule has 1 amide bonds. The molecule has 1 saturated heterocycles. The van der Waals surface area contributed by atoms with E-state index in [0.717, 1.165) is 60.6 Å². The van der Waals surface area contributed by atoms with Crippen LogP contribution in [0.5, 0.6) is 0 Å². The molecule has 1 aromatic heterocycles. The van der Waals surface area contributed by atoms with Gasteiger partial charge in [0, 0.05) is 42.6 Å². The standard InChI is InChI=1S/C23H30N4O2/c1-13-10-14(2)18(19(28)11-13)12-24-23(29)20-16(4)22(27-9-5-6-15(27)3)26-21(25-20)17-7-8-17/h10,15,17H,5-9,11-12H2,1-4H3,(H,24,29)/t15-/m0/s1. The van der Waals surface area contributed by atoms with Crippen molar-refractivity contribution in [2.24, 2.45) is 0 Å². The summed E-state index contributed by atoms with van der Waals surface area (Å²) < 4.78 is 0. The third-order valence-corrected chi connectivity index (χ3v) is 6.26. The van der Waals surface area contributed by atoms with Crippen molar-refractivity contribution < 1.29 is 9.59 Å². The Morgan fingerprint density at radius 1 is 1.21 bits per heavy atom. The van der Waals surface area contributed by atoms with Crippen LogP contribution >= 0.6 is 0 Å². The molecule has 1 aromatic rings. The van der Waals surface area contributed by atoms with Gasteiger partial charge in [0.25, 0.3) is 5.91 Å². The molecule has 0 aromatic carbocycles. The van der Waals surface area contributed by atoms with E-state index in [1.165, 1.54) is 0 Å². The van der Waals surface area contributed by atoms with E-state index in [4.69, 9.17) is 4.98 Å². The summed E-state index contributed by atoms with van der Waals surface area (Å²) >= 11 is 0. The number of Topliss-reactive ketones (excluding diaryl/α,β-unsaturated/α-hetero) is 1. The second-order valence-electron chi connectivity index (χ2n) is 8.77. The minimum atomic E-state index is -0.223. The van der Waals surface area contributed by atoms with Crippen molar-refractivity contribution >= 4 is 17.5 Å². The molecule has 2 aliphatic carbocycles. The van der Waals surface area contributed by atoms with Gasteiger partial charge in [-0.1, -0.05) is 11.6 Å². The minimum absolute atomic E-state index is 0.0902. The molecular formula is C23H30N4O2. The zero-order chi connectivity index (χ0) is 20.7. The Morgan fingerprint density at radius 2 is 1.97 bits per heavy atom. The summed E-state index contributed by atoms with van der Waals surface area (Å²) in [5, 5.41) is 2.95. The van der Waals surface area contributed by atoms with E-state index in [0.29, 0.717) is 29.6 Å². The Bertz CT molecular complexity index is 927. The molecule has 3 aliphatic rings. The fraction of sp³-hybridized carbons (Fsp3) is 0.565. The number of carbonyl (C=O) groups is 2. The largest absolute Gasteiger partial charge is 0.354 e. The van der Waals surface area contributed by atoms with Crippen LogP contribution in [0.2, 0.25) is 0 Å². The number of aromatic nitrogens is 2. The Balaban J connectivity index is 1.60. The van der Waals surface area contributed by atoms with Crippen molar-refractivity contribution in [3.05, 3.63) is 39.9 Å². The van der Waals surface area contributed by atoms with Gasteiger partial charge in [-0.15, -0.1) is 0 Å². The molecular weight excluding hydrogens is 364 g/mol. The summed E-state index contributed by atoms with van der Waals surface area (Å²) in [7, 11) is 0. The highest BCUT2D eigenvalue weighted by Crippen LogP contribution is 2.40. The van der Waals surface area contributed by atoms with Crippen LogP contribution in [0.3, 0.4) is 0 Å². The molecule has 2 heterocycles. The number of rotatable bonds is 5. The molecule has 0 bridgehead atoms. The number of hydrogen-bond donors (Lipinski definition) is 1. The van der Waals surface area contributed by atoms with E-state index < -0.39 is 0 Å². The number of nitrogens with one attached hydrogen (secondary N) is 1. The first-order chi connectivity index (χ1) is 13.8. The summed E-state index contributed by atoms with van der Waals surface area (Å²) in [5.41, 5.74) is 3.96. The molecule has 6 nitrogen and oxygen atoms in total. The lowest BCUT2D eigenvalue weighted by Crippen LogP contribution is -2.33. The molecule has 1 N–H and O–H groups in total. The number of nitrogens with zero attached hydrogens (tertiary/aromatic N) is 3. The maximum absolute atomic E-state index is 13.1. The van der Waals surface area contributed by atoms with Crippen molar-refractivity contribution in [1.29, 1.82) is 0 Å². The lowest BCUT2D eigenvalue weighted by Gasteiger charge is -2.25. The summed E-state index contributed by atoms with van der Waals surface area (Å²) in [5.74, 6) is 1.93. The number of allylic oxidation sites excluding steroid dienone is 3. The summed E-state index contributed by atoms with van der Waals surface area (Å²) in [6, 6.07) is 0.425. The molecule has 1 aliphatic heterocycles. The smallest absolute Gasteiger partial charge is 0.270 e. The lowest BCUT2D eigenvalue weighted by atomic mass is 9.92. The predicted octanol–water partition coefficient (Wildman–Crippen LogP) is 3.62. The van der Waals surface area contributed by atoms with Crippen LogP contribution in [-0.4, -0.2) is 40.8 Å². The van der Waals surface area contributed by atoms with E-state index >= 15 is 0 Å². The molecule has 2 fully saturated rings. The highest BCUT2D eigenvalue weighted by molar-refractivity contribution is 6.01. The van der Waals surface area contributed by atoms with Crippen LogP contribution in [0.25, 0.3) is 0 Å². The fourth-order valence-electron chi connectivity index (χ4n) is 4.37. The van der Waals surface area contributed by atoms with Crippen molar-refractivity contribution in [2.45, 2.75) is 71.8 Å². The maximum atomic E-state index is 13.1. The zero-order valence-electron chi connectivity index (χ0n) is 17.8. The highest BCUT2D eigenvalue weighted by Gasteiger charge is 2.32. The summed E-state index contributed by atoms with van der Waals surface area (Å²) in [4.78, 5) is 37.2. The van der Waals surface area contributed by atoms with Gasteiger partial charge in [-0.3, -0.25) is 9.59 Å². The maximum Gasteiger partial charge on any atom is 0.270 e. The van der Waals surface area contributed by atoms with Gasteiger partial charge in [-0.25, -0.2) is 9.97 Å². The van der Waals surface area contributed by atoms with Gasteiger partial charge in [-0.05, 0) is 59.0 Å². The topological polar surface area (TPSA) is 75.2 Å². The van der Waals surface area contributed by atoms with Crippen LogP contribution < -0.4 is 10.2 Å². The number of anilines is 1. The van der Waals surface area contributed by atoms with Crippen molar-refractivity contribution in [1.82, 2.24) is 15.3 Å². The van der Waals surface area contributed by atoms with Gasteiger partial charge < -0.3 is 10.2 Å². The average molecular weight is 395 g/mol. The Labute approximate surface area is 172 Å². The normalized spacial score (nSPS) is 22.2. The van der Waals surface area contributed by atoms with E-state index in [-0.39, 0.29) is 18.2 Å². The van der Waals surface area contributed by atoms with E-state index in [1.54, 1.807) is 0 Å². The molecule has 1 saturated carbocycles. The average Bonchev–Trinajstić information content (AvgIpc) is 3.42. The second-order valence-corrected chi connectivity index (χ2v) is 8.77. The van der Waals surface area contributed by atoms with Crippen molar-refractivity contribution in [3.8, 4) is 0 Å². The molecule has 1 atom stereocenters. The lowest BCUT2D eigenvalue weighted by molar-refractivity contribution is -0.115. The van der Waals surface area contributed by atoms with Crippen LogP contribution in [-0.2, 0) is 4.79 Å².